The molecule has 8 heteroatoms. The van der Waals surface area contributed by atoms with Crippen LogP contribution in [0.25, 0.3) is 0 Å². The van der Waals surface area contributed by atoms with Crippen LogP contribution in [-0.2, 0) is 27.8 Å². The van der Waals surface area contributed by atoms with Gasteiger partial charge in [-0.2, -0.15) is 4.31 Å². The van der Waals surface area contributed by atoms with Crippen molar-refractivity contribution >= 4 is 10.0 Å². The largest absolute Gasteiger partial charge is 0.497 e. The van der Waals surface area contributed by atoms with E-state index in [0.717, 1.165) is 41.9 Å². The van der Waals surface area contributed by atoms with E-state index >= 15 is 0 Å². The van der Waals surface area contributed by atoms with Gasteiger partial charge < -0.3 is 19.3 Å². The van der Waals surface area contributed by atoms with Gasteiger partial charge >= 0.3 is 0 Å². The lowest BCUT2D eigenvalue weighted by Gasteiger charge is -2.48. The Kier molecular flexibility index (Phi) is 9.42. The van der Waals surface area contributed by atoms with Crippen molar-refractivity contribution in [2.45, 2.75) is 52.3 Å². The number of aliphatic hydroxyl groups is 1. The molecule has 1 saturated carbocycles. The van der Waals surface area contributed by atoms with E-state index in [2.05, 4.69) is 13.0 Å². The smallest absolute Gasteiger partial charge is 0.215 e. The molecule has 0 saturated heterocycles. The second kappa shape index (κ2) is 12.4. The first kappa shape index (κ1) is 29.6. The quantitative estimate of drug-likeness (QED) is 0.328. The molecule has 0 aliphatic heterocycles. The van der Waals surface area contributed by atoms with Crippen LogP contribution in [0.1, 0.15) is 44.2 Å². The number of methoxy groups -OCH3 is 3. The number of hydrogen-bond donors (Lipinski definition) is 1. The minimum atomic E-state index is -3.60. The molecule has 1 fully saturated rings. The maximum Gasteiger partial charge on any atom is 0.215 e. The fourth-order valence-electron chi connectivity index (χ4n) is 5.89. The summed E-state index contributed by atoms with van der Waals surface area (Å²) in [6, 6.07) is 15.1. The third-order valence-electron chi connectivity index (χ3n) is 8.83. The van der Waals surface area contributed by atoms with E-state index in [-0.39, 0.29) is 42.9 Å². The number of allylic oxidation sites excluding steroid dienone is 1. The SMILES string of the molecule is COc1ccc(CN(Cc2ccc(OC)cc2)S(=O)(=O)C[C@@H](C)[C@@]2(C)C=C([C@H](OC)[C@@H]3CC[C@H]3CO)C2)cc1. The molecule has 4 rings (SSSR count). The monoisotopic (exact) mass is 557 g/mol. The van der Waals surface area contributed by atoms with Gasteiger partial charge in [-0.25, -0.2) is 8.42 Å². The van der Waals surface area contributed by atoms with Crippen LogP contribution >= 0.6 is 0 Å². The highest BCUT2D eigenvalue weighted by atomic mass is 32.2. The summed E-state index contributed by atoms with van der Waals surface area (Å²) in [6.07, 6.45) is 5.15. The zero-order valence-electron chi connectivity index (χ0n) is 23.8. The summed E-state index contributed by atoms with van der Waals surface area (Å²) in [7, 11) is 1.37. The molecule has 5 atom stereocenters. The standard InChI is InChI=1S/C31H43NO6S/c1-22(31(2)16-26(17-31)30(38-5)29-15-10-25(29)20-33)21-39(34,35)32(18-23-6-11-27(36-3)12-7-23)19-24-8-13-28(37-4)14-9-24/h6-9,11-14,16,22,25,29-30,33H,10,15,17-21H2,1-5H3/t22-,25+,29-,30+,31+/m1/s1. The highest BCUT2D eigenvalue weighted by Gasteiger charge is 2.46. The molecule has 214 valence electrons. The Morgan fingerprint density at radius 3 is 1.85 bits per heavy atom. The first-order valence-electron chi connectivity index (χ1n) is 13.7. The van der Waals surface area contributed by atoms with Crippen molar-refractivity contribution in [1.29, 1.82) is 0 Å². The predicted molar refractivity (Wildman–Crippen MR) is 153 cm³/mol. The molecule has 0 bridgehead atoms. The third kappa shape index (κ3) is 6.68. The topological polar surface area (TPSA) is 85.3 Å². The van der Waals surface area contributed by atoms with Crippen LogP contribution in [0.2, 0.25) is 0 Å². The number of sulfonamides is 1. The second-order valence-corrected chi connectivity index (χ2v) is 13.4. The van der Waals surface area contributed by atoms with Gasteiger partial charge in [0.05, 0.1) is 26.1 Å². The number of nitrogens with zero attached hydrogens (tertiary/aromatic N) is 1. The molecule has 0 amide bonds. The van der Waals surface area contributed by atoms with Crippen molar-refractivity contribution in [3.63, 3.8) is 0 Å². The van der Waals surface area contributed by atoms with Gasteiger partial charge in [0.15, 0.2) is 0 Å². The number of benzene rings is 2. The highest BCUT2D eigenvalue weighted by Crippen LogP contribution is 2.51. The molecule has 2 aromatic rings. The molecule has 0 aromatic heterocycles. The maximum absolute atomic E-state index is 13.9. The lowest BCUT2D eigenvalue weighted by Crippen LogP contribution is -2.46. The van der Waals surface area contributed by atoms with E-state index in [1.165, 1.54) is 5.57 Å². The Morgan fingerprint density at radius 1 is 0.949 bits per heavy atom. The van der Waals surface area contributed by atoms with Crippen molar-refractivity contribution in [2.75, 3.05) is 33.7 Å². The van der Waals surface area contributed by atoms with Crippen LogP contribution in [0.4, 0.5) is 0 Å². The van der Waals surface area contributed by atoms with Gasteiger partial charge in [0.25, 0.3) is 0 Å². The molecule has 0 spiro atoms. The summed E-state index contributed by atoms with van der Waals surface area (Å²) in [6.45, 7) is 4.93. The van der Waals surface area contributed by atoms with Crippen molar-refractivity contribution in [1.82, 2.24) is 4.31 Å². The average molecular weight is 558 g/mol. The van der Waals surface area contributed by atoms with Gasteiger partial charge in [-0.1, -0.05) is 44.2 Å². The summed E-state index contributed by atoms with van der Waals surface area (Å²) in [5.41, 5.74) is 2.82. The molecule has 1 N–H and O–H groups in total. The normalized spacial score (nSPS) is 24.3. The number of rotatable bonds is 14. The number of ether oxygens (including phenoxy) is 3. The van der Waals surface area contributed by atoms with Crippen molar-refractivity contribution in [3.8, 4) is 11.5 Å². The van der Waals surface area contributed by atoms with Crippen molar-refractivity contribution in [2.24, 2.45) is 23.2 Å². The van der Waals surface area contributed by atoms with E-state index in [9.17, 15) is 13.5 Å². The van der Waals surface area contributed by atoms with Gasteiger partial charge in [0.1, 0.15) is 11.5 Å². The molecule has 39 heavy (non-hydrogen) atoms. The summed E-state index contributed by atoms with van der Waals surface area (Å²) < 4.78 is 45.8. The Hall–Kier alpha value is -2.39. The molecule has 0 heterocycles. The molecule has 0 unspecified atom stereocenters. The molecular weight excluding hydrogens is 514 g/mol. The Morgan fingerprint density at radius 2 is 1.46 bits per heavy atom. The lowest BCUT2D eigenvalue weighted by atomic mass is 9.60. The maximum atomic E-state index is 13.9. The Balaban J connectivity index is 1.50. The van der Waals surface area contributed by atoms with E-state index in [1.807, 2.05) is 55.5 Å². The van der Waals surface area contributed by atoms with E-state index in [1.54, 1.807) is 25.6 Å². The van der Waals surface area contributed by atoms with Crippen LogP contribution in [0.3, 0.4) is 0 Å². The van der Waals surface area contributed by atoms with Gasteiger partial charge in [0.2, 0.25) is 10.0 Å². The van der Waals surface area contributed by atoms with Gasteiger partial charge in [0, 0.05) is 26.8 Å². The molecule has 2 aromatic carbocycles. The summed E-state index contributed by atoms with van der Waals surface area (Å²) in [5, 5.41) is 9.65. The van der Waals surface area contributed by atoms with Gasteiger partial charge in [-0.05, 0) is 83.4 Å². The van der Waals surface area contributed by atoms with E-state index in [4.69, 9.17) is 14.2 Å². The Bertz CT molecular complexity index is 1180. The van der Waals surface area contributed by atoms with Crippen LogP contribution in [-0.4, -0.2) is 57.6 Å². The Labute approximate surface area is 233 Å². The summed E-state index contributed by atoms with van der Waals surface area (Å²) >= 11 is 0. The minimum Gasteiger partial charge on any atom is -0.497 e. The fraction of sp³-hybridized carbons (Fsp3) is 0.548. The van der Waals surface area contributed by atoms with Gasteiger partial charge in [-0.3, -0.25) is 0 Å². The van der Waals surface area contributed by atoms with E-state index in [0.29, 0.717) is 11.8 Å². The third-order valence-corrected chi connectivity index (χ3v) is 10.8. The van der Waals surface area contributed by atoms with Crippen LogP contribution < -0.4 is 9.47 Å². The molecule has 2 aliphatic rings. The van der Waals surface area contributed by atoms with Crippen LogP contribution in [0.15, 0.2) is 60.2 Å². The van der Waals surface area contributed by atoms with Crippen LogP contribution in [0.5, 0.6) is 11.5 Å². The second-order valence-electron chi connectivity index (χ2n) is 11.4. The summed E-state index contributed by atoms with van der Waals surface area (Å²) in [4.78, 5) is 0. The van der Waals surface area contributed by atoms with Crippen molar-refractivity contribution in [3.05, 3.63) is 71.3 Å². The zero-order chi connectivity index (χ0) is 28.2. The molecule has 0 radical (unpaired) electrons. The first-order chi connectivity index (χ1) is 18.6. The molecule has 7 nitrogen and oxygen atoms in total. The fourth-order valence-corrected chi connectivity index (χ4v) is 7.80. The van der Waals surface area contributed by atoms with E-state index < -0.39 is 10.0 Å². The molecule has 2 aliphatic carbocycles. The number of aliphatic hydroxyl groups excluding tert-OH is 1. The molecular formula is C31H43NO6S. The summed E-state index contributed by atoms with van der Waals surface area (Å²) in [5.74, 6) is 2.09. The van der Waals surface area contributed by atoms with Gasteiger partial charge in [-0.15, -0.1) is 0 Å². The van der Waals surface area contributed by atoms with Crippen LogP contribution in [0, 0.1) is 23.2 Å². The average Bonchev–Trinajstić information content (AvgIpc) is 2.89. The number of hydrogen-bond acceptors (Lipinski definition) is 6. The predicted octanol–water partition coefficient (Wildman–Crippen LogP) is 5.04. The van der Waals surface area contributed by atoms with Crippen molar-refractivity contribution < 1.29 is 27.7 Å². The minimum absolute atomic E-state index is 0.00873. The first-order valence-corrected chi connectivity index (χ1v) is 15.3. The zero-order valence-corrected chi connectivity index (χ0v) is 24.6. The highest BCUT2D eigenvalue weighted by molar-refractivity contribution is 7.89. The lowest BCUT2D eigenvalue weighted by molar-refractivity contribution is -0.0257.